The fourth-order valence-electron chi connectivity index (χ4n) is 1.46. The van der Waals surface area contributed by atoms with E-state index in [1.807, 2.05) is 6.92 Å². The van der Waals surface area contributed by atoms with E-state index in [1.54, 1.807) is 24.3 Å². The Morgan fingerprint density at radius 2 is 1.65 bits per heavy atom. The molecule has 0 aromatic heterocycles. The maximum absolute atomic E-state index is 12.0. The van der Waals surface area contributed by atoms with Gasteiger partial charge in [0.15, 0.2) is 17.5 Å². The van der Waals surface area contributed by atoms with Crippen molar-refractivity contribution in [2.75, 3.05) is 7.11 Å². The fraction of sp³-hybridized carbons (Fsp3) is 0.308. The third kappa shape index (κ3) is 3.00. The molecule has 0 aliphatic carbocycles. The van der Waals surface area contributed by atoms with Crippen molar-refractivity contribution >= 4 is 17.5 Å². The summed E-state index contributed by atoms with van der Waals surface area (Å²) in [6.07, 6.45) is 0. The number of ketones is 2. The highest BCUT2D eigenvalue weighted by Crippen LogP contribution is 2.13. The molecule has 0 saturated heterocycles. The lowest BCUT2D eigenvalue weighted by atomic mass is 9.94. The Kier molecular flexibility index (Phi) is 4.15. The molecule has 90 valence electrons. The molecule has 1 aromatic carbocycles. The molecule has 0 fully saturated rings. The van der Waals surface area contributed by atoms with E-state index in [1.165, 1.54) is 6.92 Å². The third-order valence-corrected chi connectivity index (χ3v) is 2.44. The molecule has 1 atom stereocenters. The third-order valence-electron chi connectivity index (χ3n) is 2.44. The molecular weight excluding hydrogens is 220 g/mol. The predicted molar refractivity (Wildman–Crippen MR) is 61.7 cm³/mol. The zero-order chi connectivity index (χ0) is 13.0. The molecule has 0 bridgehead atoms. The van der Waals surface area contributed by atoms with Gasteiger partial charge in [0.1, 0.15) is 0 Å². The molecule has 0 aliphatic rings. The summed E-state index contributed by atoms with van der Waals surface area (Å²) in [6, 6.07) is 6.69. The van der Waals surface area contributed by atoms with Crippen molar-refractivity contribution in [1.29, 1.82) is 0 Å². The van der Waals surface area contributed by atoms with Crippen molar-refractivity contribution in [1.82, 2.24) is 0 Å². The Morgan fingerprint density at radius 3 is 2.06 bits per heavy atom. The molecule has 4 heteroatoms. The number of carbonyl (C=O) groups excluding carboxylic acids is 3. The van der Waals surface area contributed by atoms with Crippen LogP contribution in [0.1, 0.15) is 22.8 Å². The summed E-state index contributed by atoms with van der Waals surface area (Å²) in [6.45, 7) is 3.09. The zero-order valence-electron chi connectivity index (χ0n) is 10.0. The Bertz CT molecular complexity index is 445. The zero-order valence-corrected chi connectivity index (χ0v) is 10.0. The van der Waals surface area contributed by atoms with Crippen molar-refractivity contribution in [2.45, 2.75) is 13.8 Å². The van der Waals surface area contributed by atoms with Crippen molar-refractivity contribution < 1.29 is 19.1 Å². The van der Waals surface area contributed by atoms with Crippen molar-refractivity contribution in [2.24, 2.45) is 5.92 Å². The molecule has 0 radical (unpaired) electrons. The monoisotopic (exact) mass is 234 g/mol. The second kappa shape index (κ2) is 5.39. The molecule has 1 rings (SSSR count). The van der Waals surface area contributed by atoms with Gasteiger partial charge in [0, 0.05) is 5.56 Å². The van der Waals surface area contributed by atoms with Gasteiger partial charge in [-0.2, -0.15) is 0 Å². The first-order valence-corrected chi connectivity index (χ1v) is 5.16. The molecule has 0 amide bonds. The van der Waals surface area contributed by atoms with E-state index < -0.39 is 23.5 Å². The highest BCUT2D eigenvalue weighted by molar-refractivity contribution is 6.21. The lowest BCUT2D eigenvalue weighted by Gasteiger charge is -2.10. The van der Waals surface area contributed by atoms with Crippen LogP contribution in [-0.2, 0) is 14.3 Å². The van der Waals surface area contributed by atoms with Crippen LogP contribution in [0, 0.1) is 12.8 Å². The first kappa shape index (κ1) is 13.1. The number of hydrogen-bond donors (Lipinski definition) is 0. The van der Waals surface area contributed by atoms with Gasteiger partial charge in [0.05, 0.1) is 7.11 Å². The number of benzene rings is 1. The minimum atomic E-state index is -1.36. The van der Waals surface area contributed by atoms with Crippen LogP contribution in [0.4, 0.5) is 0 Å². The summed E-state index contributed by atoms with van der Waals surface area (Å²) in [5.41, 5.74) is 1.33. The second-order valence-electron chi connectivity index (χ2n) is 3.80. The van der Waals surface area contributed by atoms with E-state index in [9.17, 15) is 14.4 Å². The van der Waals surface area contributed by atoms with E-state index in [0.29, 0.717) is 5.56 Å². The van der Waals surface area contributed by atoms with Crippen LogP contribution in [0.2, 0.25) is 0 Å². The Balaban J connectivity index is 3.04. The molecule has 4 nitrogen and oxygen atoms in total. The molecule has 0 aliphatic heterocycles. The predicted octanol–water partition coefficient (Wildman–Crippen LogP) is 1.56. The topological polar surface area (TPSA) is 60.4 Å². The Morgan fingerprint density at radius 1 is 1.12 bits per heavy atom. The summed E-state index contributed by atoms with van der Waals surface area (Å²) < 4.78 is 4.46. The van der Waals surface area contributed by atoms with Crippen molar-refractivity contribution in [3.63, 3.8) is 0 Å². The SMILES string of the molecule is COC(=O)[C@H](C(C)=O)C(=O)c1ccc(C)cc1. The standard InChI is InChI=1S/C13H14O4/c1-8-4-6-10(7-5-8)12(15)11(9(2)14)13(16)17-3/h4-7,11H,1-3H3/t11-/m1/s1. The van der Waals surface area contributed by atoms with E-state index >= 15 is 0 Å². The highest BCUT2D eigenvalue weighted by atomic mass is 16.5. The van der Waals surface area contributed by atoms with E-state index in [0.717, 1.165) is 12.7 Å². The molecule has 0 unspecified atom stereocenters. The maximum Gasteiger partial charge on any atom is 0.324 e. The van der Waals surface area contributed by atoms with Gasteiger partial charge in [-0.05, 0) is 13.8 Å². The number of hydrogen-bond acceptors (Lipinski definition) is 4. The Hall–Kier alpha value is -1.97. The summed E-state index contributed by atoms with van der Waals surface area (Å²) in [7, 11) is 1.15. The van der Waals surface area contributed by atoms with Crippen LogP contribution in [0.25, 0.3) is 0 Å². The van der Waals surface area contributed by atoms with Crippen LogP contribution in [-0.4, -0.2) is 24.6 Å². The first-order valence-electron chi connectivity index (χ1n) is 5.16. The lowest BCUT2D eigenvalue weighted by Crippen LogP contribution is -2.31. The number of rotatable bonds is 4. The summed E-state index contributed by atoms with van der Waals surface area (Å²) >= 11 is 0. The first-order chi connectivity index (χ1) is 7.97. The smallest absolute Gasteiger partial charge is 0.324 e. The van der Waals surface area contributed by atoms with E-state index in [4.69, 9.17) is 0 Å². The average Bonchev–Trinajstić information content (AvgIpc) is 2.29. The molecule has 0 heterocycles. The molecule has 0 spiro atoms. The van der Waals surface area contributed by atoms with Crippen LogP contribution < -0.4 is 0 Å². The number of carbonyl (C=O) groups is 3. The normalized spacial score (nSPS) is 11.7. The summed E-state index contributed by atoms with van der Waals surface area (Å²) in [5, 5.41) is 0. The molecular formula is C13H14O4. The van der Waals surface area contributed by atoms with Gasteiger partial charge in [-0.15, -0.1) is 0 Å². The molecule has 0 N–H and O–H groups in total. The van der Waals surface area contributed by atoms with Gasteiger partial charge in [-0.25, -0.2) is 0 Å². The lowest BCUT2D eigenvalue weighted by molar-refractivity contribution is -0.146. The molecule has 0 saturated carbocycles. The number of methoxy groups -OCH3 is 1. The van der Waals surface area contributed by atoms with Gasteiger partial charge in [-0.1, -0.05) is 29.8 Å². The van der Waals surface area contributed by atoms with Crippen molar-refractivity contribution in [3.05, 3.63) is 35.4 Å². The van der Waals surface area contributed by atoms with Crippen molar-refractivity contribution in [3.8, 4) is 0 Å². The highest BCUT2D eigenvalue weighted by Gasteiger charge is 2.32. The second-order valence-corrected chi connectivity index (χ2v) is 3.80. The van der Waals surface area contributed by atoms with Gasteiger partial charge in [0.2, 0.25) is 0 Å². The van der Waals surface area contributed by atoms with Crippen LogP contribution in [0.5, 0.6) is 0 Å². The maximum atomic E-state index is 12.0. The minimum absolute atomic E-state index is 0.334. The Labute approximate surface area is 99.6 Å². The van der Waals surface area contributed by atoms with Crippen LogP contribution in [0.3, 0.4) is 0 Å². The van der Waals surface area contributed by atoms with Gasteiger partial charge in [0.25, 0.3) is 0 Å². The average molecular weight is 234 g/mol. The van der Waals surface area contributed by atoms with Gasteiger partial charge < -0.3 is 4.74 Å². The minimum Gasteiger partial charge on any atom is -0.468 e. The molecule has 17 heavy (non-hydrogen) atoms. The van der Waals surface area contributed by atoms with E-state index in [2.05, 4.69) is 4.74 Å². The van der Waals surface area contributed by atoms with E-state index in [-0.39, 0.29) is 0 Å². The van der Waals surface area contributed by atoms with Crippen LogP contribution in [0.15, 0.2) is 24.3 Å². The van der Waals surface area contributed by atoms with Gasteiger partial charge in [-0.3, -0.25) is 14.4 Å². The quantitative estimate of drug-likeness (QED) is 0.450. The van der Waals surface area contributed by atoms with Gasteiger partial charge >= 0.3 is 5.97 Å². The summed E-state index contributed by atoms with van der Waals surface area (Å²) in [5.74, 6) is -3.21. The number of esters is 1. The van der Waals surface area contributed by atoms with Crippen LogP contribution >= 0.6 is 0 Å². The summed E-state index contributed by atoms with van der Waals surface area (Å²) in [4.78, 5) is 34.7. The fourth-order valence-corrected chi connectivity index (χ4v) is 1.46. The largest absolute Gasteiger partial charge is 0.468 e. The number of ether oxygens (including phenoxy) is 1. The number of aryl methyl sites for hydroxylation is 1. The molecule has 1 aromatic rings. The number of Topliss-reactive ketones (excluding diaryl/α,β-unsaturated/α-hetero) is 2.